The highest BCUT2D eigenvalue weighted by molar-refractivity contribution is 6.31. The number of carbonyl (C=O) groups is 1. The maximum absolute atomic E-state index is 12.2. The van der Waals surface area contributed by atoms with Crippen molar-refractivity contribution in [2.75, 3.05) is 0 Å². The van der Waals surface area contributed by atoms with E-state index in [0.29, 0.717) is 22.2 Å². The molecular formula is C19H20Cl2N2O2. The van der Waals surface area contributed by atoms with Crippen molar-refractivity contribution in [1.82, 2.24) is 5.43 Å². The van der Waals surface area contributed by atoms with Crippen LogP contribution in [0.4, 0.5) is 0 Å². The number of aryl methyl sites for hydroxylation is 1. The Morgan fingerprint density at radius 1 is 1.16 bits per heavy atom. The van der Waals surface area contributed by atoms with Crippen LogP contribution in [0, 0.1) is 6.92 Å². The molecule has 25 heavy (non-hydrogen) atoms. The summed E-state index contributed by atoms with van der Waals surface area (Å²) < 4.78 is 5.69. The summed E-state index contributed by atoms with van der Waals surface area (Å²) >= 11 is 11.8. The monoisotopic (exact) mass is 378 g/mol. The molecule has 0 heterocycles. The highest BCUT2D eigenvalue weighted by Gasteiger charge is 2.15. The van der Waals surface area contributed by atoms with E-state index < -0.39 is 6.10 Å². The third-order valence-corrected chi connectivity index (χ3v) is 4.11. The fourth-order valence-electron chi connectivity index (χ4n) is 2.19. The molecule has 0 saturated carbocycles. The summed E-state index contributed by atoms with van der Waals surface area (Å²) in [5.74, 6) is 0.290. The fraction of sp³-hybridized carbons (Fsp3) is 0.263. The molecule has 1 unspecified atom stereocenters. The molecular weight excluding hydrogens is 359 g/mol. The van der Waals surface area contributed by atoms with Crippen molar-refractivity contribution in [3.63, 3.8) is 0 Å². The maximum Gasteiger partial charge on any atom is 0.280 e. The number of benzene rings is 2. The van der Waals surface area contributed by atoms with Crippen LogP contribution in [0.2, 0.25) is 10.0 Å². The Hall–Kier alpha value is -2.04. The van der Waals surface area contributed by atoms with Crippen LogP contribution in [0.3, 0.4) is 0 Å². The van der Waals surface area contributed by atoms with E-state index in [4.69, 9.17) is 27.9 Å². The van der Waals surface area contributed by atoms with E-state index in [9.17, 15) is 4.79 Å². The van der Waals surface area contributed by atoms with Gasteiger partial charge < -0.3 is 4.74 Å². The van der Waals surface area contributed by atoms with E-state index in [1.165, 1.54) is 0 Å². The van der Waals surface area contributed by atoms with E-state index in [0.717, 1.165) is 16.8 Å². The first-order valence-corrected chi connectivity index (χ1v) is 8.71. The largest absolute Gasteiger partial charge is 0.481 e. The molecule has 0 bridgehead atoms. The van der Waals surface area contributed by atoms with Gasteiger partial charge in [0.25, 0.3) is 5.91 Å². The number of halogens is 2. The molecule has 0 aliphatic carbocycles. The van der Waals surface area contributed by atoms with Crippen molar-refractivity contribution >= 4 is 34.8 Å². The zero-order valence-corrected chi connectivity index (χ0v) is 15.9. The number of amides is 1. The number of hydrogen-bond acceptors (Lipinski definition) is 3. The van der Waals surface area contributed by atoms with Crippen molar-refractivity contribution in [2.45, 2.75) is 33.3 Å². The highest BCUT2D eigenvalue weighted by Crippen LogP contribution is 2.22. The van der Waals surface area contributed by atoms with Crippen LogP contribution in [0.5, 0.6) is 5.75 Å². The van der Waals surface area contributed by atoms with E-state index in [-0.39, 0.29) is 5.91 Å². The first kappa shape index (κ1) is 19.3. The van der Waals surface area contributed by atoms with Crippen LogP contribution in [-0.4, -0.2) is 17.7 Å². The molecule has 2 aromatic rings. The summed E-state index contributed by atoms with van der Waals surface area (Å²) in [7, 11) is 0. The van der Waals surface area contributed by atoms with Crippen LogP contribution >= 0.6 is 23.2 Å². The Morgan fingerprint density at radius 3 is 2.40 bits per heavy atom. The Balaban J connectivity index is 2.03. The Labute approximate surface area is 157 Å². The average Bonchev–Trinajstić information content (AvgIpc) is 2.59. The fourth-order valence-corrected chi connectivity index (χ4v) is 2.55. The first-order valence-electron chi connectivity index (χ1n) is 7.96. The lowest BCUT2D eigenvalue weighted by Crippen LogP contribution is -2.34. The molecule has 0 spiro atoms. The van der Waals surface area contributed by atoms with Gasteiger partial charge in [-0.05, 0) is 61.7 Å². The van der Waals surface area contributed by atoms with Gasteiger partial charge in [0.15, 0.2) is 6.10 Å². The number of nitrogens with one attached hydrogen (secondary N) is 1. The minimum absolute atomic E-state index is 0.325. The third kappa shape index (κ3) is 5.48. The van der Waals surface area contributed by atoms with Gasteiger partial charge in [-0.2, -0.15) is 5.10 Å². The van der Waals surface area contributed by atoms with Crippen molar-refractivity contribution in [3.8, 4) is 5.75 Å². The minimum atomic E-state index is -0.688. The SMILES string of the molecule is CC/C(=N\NC(=O)C(C)Oc1ccc(Cl)cc1C)c1ccc(Cl)cc1. The summed E-state index contributed by atoms with van der Waals surface area (Å²) in [6.07, 6.45) is -0.0140. The van der Waals surface area contributed by atoms with Gasteiger partial charge in [-0.15, -0.1) is 0 Å². The molecule has 1 N–H and O–H groups in total. The molecule has 6 heteroatoms. The number of ether oxygens (including phenoxy) is 1. The van der Waals surface area contributed by atoms with Gasteiger partial charge in [-0.25, -0.2) is 5.43 Å². The van der Waals surface area contributed by atoms with Crippen molar-refractivity contribution in [1.29, 1.82) is 0 Å². The van der Waals surface area contributed by atoms with Gasteiger partial charge in [0.1, 0.15) is 5.75 Å². The molecule has 4 nitrogen and oxygen atoms in total. The topological polar surface area (TPSA) is 50.7 Å². The molecule has 2 aromatic carbocycles. The summed E-state index contributed by atoms with van der Waals surface area (Å²) in [5.41, 5.74) is 5.10. The number of nitrogens with zero attached hydrogens (tertiary/aromatic N) is 1. The van der Waals surface area contributed by atoms with E-state index in [2.05, 4.69) is 10.5 Å². The van der Waals surface area contributed by atoms with Crippen LogP contribution < -0.4 is 10.2 Å². The predicted octanol–water partition coefficient (Wildman–Crippen LogP) is 5.00. The first-order chi connectivity index (χ1) is 11.9. The smallest absolute Gasteiger partial charge is 0.280 e. The highest BCUT2D eigenvalue weighted by atomic mass is 35.5. The molecule has 0 aliphatic heterocycles. The van der Waals surface area contributed by atoms with Crippen LogP contribution in [0.15, 0.2) is 47.6 Å². The van der Waals surface area contributed by atoms with Crippen LogP contribution in [-0.2, 0) is 4.79 Å². The Morgan fingerprint density at radius 2 is 1.80 bits per heavy atom. The van der Waals surface area contributed by atoms with Gasteiger partial charge in [0.2, 0.25) is 0 Å². The zero-order valence-electron chi connectivity index (χ0n) is 14.3. The van der Waals surface area contributed by atoms with E-state index in [1.54, 1.807) is 37.3 Å². The molecule has 132 valence electrons. The second-order valence-electron chi connectivity index (χ2n) is 5.56. The molecule has 0 aromatic heterocycles. The number of carbonyl (C=O) groups excluding carboxylic acids is 1. The number of hydrazone groups is 1. The predicted molar refractivity (Wildman–Crippen MR) is 103 cm³/mol. The van der Waals surface area contributed by atoms with Crippen molar-refractivity contribution in [2.24, 2.45) is 5.10 Å². The Bertz CT molecular complexity index is 773. The number of rotatable bonds is 6. The maximum atomic E-state index is 12.2. The molecule has 0 fully saturated rings. The van der Waals surface area contributed by atoms with Crippen LogP contribution in [0.25, 0.3) is 0 Å². The van der Waals surface area contributed by atoms with Gasteiger partial charge in [-0.3, -0.25) is 4.79 Å². The molecule has 0 saturated heterocycles. The summed E-state index contributed by atoms with van der Waals surface area (Å²) in [6.45, 7) is 5.52. The lowest BCUT2D eigenvalue weighted by atomic mass is 10.1. The molecule has 1 amide bonds. The summed E-state index contributed by atoms with van der Waals surface area (Å²) in [5, 5.41) is 5.50. The van der Waals surface area contributed by atoms with E-state index >= 15 is 0 Å². The average molecular weight is 379 g/mol. The number of hydrogen-bond donors (Lipinski definition) is 1. The Kier molecular flexibility index (Phi) is 6.85. The van der Waals surface area contributed by atoms with Gasteiger partial charge in [0.05, 0.1) is 5.71 Å². The van der Waals surface area contributed by atoms with E-state index in [1.807, 2.05) is 26.0 Å². The normalized spacial score (nSPS) is 12.6. The van der Waals surface area contributed by atoms with Gasteiger partial charge in [-0.1, -0.05) is 42.3 Å². The minimum Gasteiger partial charge on any atom is -0.481 e. The summed E-state index contributed by atoms with van der Waals surface area (Å²) in [6, 6.07) is 12.6. The van der Waals surface area contributed by atoms with Crippen LogP contribution in [0.1, 0.15) is 31.4 Å². The van der Waals surface area contributed by atoms with Gasteiger partial charge in [0, 0.05) is 10.0 Å². The van der Waals surface area contributed by atoms with Gasteiger partial charge >= 0.3 is 0 Å². The molecule has 1 atom stereocenters. The standard InChI is InChI=1S/C19H20Cl2N2O2/c1-4-17(14-5-7-15(20)8-6-14)22-23-19(24)13(3)25-18-10-9-16(21)11-12(18)2/h5-11,13H,4H2,1-3H3,(H,23,24)/b22-17+. The molecule has 2 rings (SSSR count). The third-order valence-electron chi connectivity index (χ3n) is 3.62. The molecule has 0 aliphatic rings. The quantitative estimate of drug-likeness (QED) is 0.567. The second kappa shape index (κ2) is 8.88. The lowest BCUT2D eigenvalue weighted by molar-refractivity contribution is -0.127. The van der Waals surface area contributed by atoms with Crippen molar-refractivity contribution in [3.05, 3.63) is 63.6 Å². The summed E-state index contributed by atoms with van der Waals surface area (Å²) in [4.78, 5) is 12.2. The van der Waals surface area contributed by atoms with Crippen molar-refractivity contribution < 1.29 is 9.53 Å². The lowest BCUT2D eigenvalue weighted by Gasteiger charge is -2.15. The second-order valence-corrected chi connectivity index (χ2v) is 6.44. The zero-order chi connectivity index (χ0) is 18.4. The molecule has 0 radical (unpaired) electrons.